The van der Waals surface area contributed by atoms with Crippen LogP contribution in [0.15, 0.2) is 34.5 Å². The second kappa shape index (κ2) is 8.44. The Labute approximate surface area is 183 Å². The van der Waals surface area contributed by atoms with E-state index < -0.39 is 34.9 Å². The Morgan fingerprint density at radius 1 is 1.56 bits per heavy atom. The smallest absolute Gasteiger partial charge is 0.543 e. The summed E-state index contributed by atoms with van der Waals surface area (Å²) in [6.07, 6.45) is 1.36. The van der Waals surface area contributed by atoms with Gasteiger partial charge in [-0.1, -0.05) is 17.8 Å². The normalized spacial score (nSPS) is 21.7. The molecule has 10 nitrogen and oxygen atoms in total. The van der Waals surface area contributed by atoms with Gasteiger partial charge in [0.25, 0.3) is 11.8 Å². The maximum Gasteiger partial charge on any atom is 1.00 e. The summed E-state index contributed by atoms with van der Waals surface area (Å²) in [5, 5.41) is 26.8. The largest absolute Gasteiger partial charge is 1.00 e. The number of aromatic nitrogens is 1. The number of allylic oxidation sites excluding steroid dienone is 1. The zero-order valence-corrected chi connectivity index (χ0v) is 17.7. The van der Waals surface area contributed by atoms with Crippen LogP contribution in [0.25, 0.3) is 0 Å². The number of oxime groups is 1. The van der Waals surface area contributed by atoms with Crippen LogP contribution in [0.2, 0.25) is 0 Å². The van der Waals surface area contributed by atoms with Crippen molar-refractivity contribution in [3.8, 4) is 0 Å². The summed E-state index contributed by atoms with van der Waals surface area (Å²) < 4.78 is 0. The van der Waals surface area contributed by atoms with Gasteiger partial charge in [-0.3, -0.25) is 14.5 Å². The van der Waals surface area contributed by atoms with Crippen molar-refractivity contribution in [3.63, 3.8) is 0 Å². The molecule has 136 valence electrons. The van der Waals surface area contributed by atoms with Crippen molar-refractivity contribution in [2.45, 2.75) is 11.4 Å². The van der Waals surface area contributed by atoms with E-state index in [2.05, 4.69) is 22.0 Å². The molecule has 0 bridgehead atoms. The third-order valence-electron chi connectivity index (χ3n) is 3.80. The summed E-state index contributed by atoms with van der Waals surface area (Å²) in [5.41, 5.74) is 5.29. The van der Waals surface area contributed by atoms with Crippen LogP contribution < -0.4 is 45.7 Å². The van der Waals surface area contributed by atoms with E-state index in [9.17, 15) is 19.5 Å². The Morgan fingerprint density at radius 3 is 2.78 bits per heavy atom. The Kier molecular flexibility index (Phi) is 6.70. The number of carboxylic acids is 1. The van der Waals surface area contributed by atoms with Gasteiger partial charge in [0.05, 0.1) is 11.7 Å². The monoisotopic (exact) mass is 417 g/mol. The number of aliphatic carboxylic acids is 1. The van der Waals surface area contributed by atoms with Crippen molar-refractivity contribution in [3.05, 3.63) is 35.0 Å². The molecule has 13 heteroatoms. The molecule has 2 atom stereocenters. The Hall–Kier alpha value is -1.86. The van der Waals surface area contributed by atoms with E-state index in [0.717, 1.165) is 16.2 Å². The Bertz CT molecular complexity index is 883. The van der Waals surface area contributed by atoms with Gasteiger partial charge in [0.2, 0.25) is 0 Å². The molecule has 4 N–H and O–H groups in total. The zero-order valence-electron chi connectivity index (χ0n) is 14.0. The molecule has 27 heavy (non-hydrogen) atoms. The predicted octanol–water partition coefficient (Wildman–Crippen LogP) is -4.50. The summed E-state index contributed by atoms with van der Waals surface area (Å²) in [6.45, 7) is 3.53. The van der Waals surface area contributed by atoms with E-state index in [-0.39, 0.29) is 46.1 Å². The number of nitrogens with one attached hydrogen (secondary N) is 1. The minimum Gasteiger partial charge on any atom is -0.543 e. The molecule has 2 aliphatic rings. The van der Waals surface area contributed by atoms with Gasteiger partial charge < -0.3 is 26.2 Å². The van der Waals surface area contributed by atoms with Gasteiger partial charge in [0, 0.05) is 11.1 Å². The van der Waals surface area contributed by atoms with Crippen molar-refractivity contribution in [1.29, 1.82) is 0 Å². The maximum absolute atomic E-state index is 12.4. The molecule has 0 aromatic carbocycles. The number of fused-ring (bicyclic) bond motifs is 1. The van der Waals surface area contributed by atoms with Crippen molar-refractivity contribution < 1.29 is 54.3 Å². The van der Waals surface area contributed by atoms with Gasteiger partial charge in [-0.25, -0.2) is 4.98 Å². The summed E-state index contributed by atoms with van der Waals surface area (Å²) in [4.78, 5) is 40.9. The second-order valence-corrected chi connectivity index (χ2v) is 7.24. The fourth-order valence-electron chi connectivity index (χ4n) is 2.61. The van der Waals surface area contributed by atoms with Crippen LogP contribution in [0.4, 0.5) is 5.13 Å². The van der Waals surface area contributed by atoms with Gasteiger partial charge in [0.15, 0.2) is 10.8 Å². The standard InChI is InChI=1S/C14H13N5O5S2.Na/c1-2-5-3-25-12-8(11(21)19(12)9(5)13(22)23)17-10(20)7(18-24)6-4-26-14(15)16-6;/h2,4,8,12,24H,1,3H2,(H2,15,16)(H,17,20)(H,22,23);/q;+1/p-1/b18-7-;/t8?,12-;/m1./s1. The quantitative estimate of drug-likeness (QED) is 0.142. The van der Waals surface area contributed by atoms with E-state index in [0.29, 0.717) is 11.3 Å². The first-order valence-electron chi connectivity index (χ1n) is 7.15. The van der Waals surface area contributed by atoms with Gasteiger partial charge in [-0.05, 0) is 5.57 Å². The van der Waals surface area contributed by atoms with Crippen LogP contribution in [-0.2, 0) is 14.4 Å². The van der Waals surface area contributed by atoms with E-state index in [4.69, 9.17) is 10.9 Å². The topological polar surface area (TPSA) is 161 Å². The number of nitrogens with zero attached hydrogens (tertiary/aromatic N) is 3. The van der Waals surface area contributed by atoms with Gasteiger partial charge in [-0.2, -0.15) is 0 Å². The van der Waals surface area contributed by atoms with Crippen molar-refractivity contribution >= 4 is 51.7 Å². The predicted molar refractivity (Wildman–Crippen MR) is 92.1 cm³/mol. The van der Waals surface area contributed by atoms with E-state index in [1.54, 1.807) is 0 Å². The molecule has 2 aliphatic heterocycles. The molecular weight excluding hydrogens is 405 g/mol. The van der Waals surface area contributed by atoms with Crippen LogP contribution >= 0.6 is 23.1 Å². The van der Waals surface area contributed by atoms with Crippen LogP contribution in [0.5, 0.6) is 0 Å². The number of rotatable bonds is 5. The minimum absolute atomic E-state index is 0. The van der Waals surface area contributed by atoms with Gasteiger partial charge in [0.1, 0.15) is 17.1 Å². The number of nitrogen functional groups attached to an aromatic ring is 1. The molecule has 3 rings (SSSR count). The summed E-state index contributed by atoms with van der Waals surface area (Å²) in [6, 6.07) is -0.971. The van der Waals surface area contributed by atoms with Gasteiger partial charge >= 0.3 is 29.6 Å². The molecular formula is C14H12N5NaO5S2. The number of anilines is 1. The van der Waals surface area contributed by atoms with Crippen molar-refractivity contribution in [1.82, 2.24) is 15.2 Å². The van der Waals surface area contributed by atoms with Crippen LogP contribution in [0.3, 0.4) is 0 Å². The van der Waals surface area contributed by atoms with E-state index in [1.807, 2.05) is 0 Å². The maximum atomic E-state index is 12.4. The molecule has 1 aromatic rings. The van der Waals surface area contributed by atoms with Crippen molar-refractivity contribution in [2.75, 3.05) is 11.5 Å². The number of nitrogens with two attached hydrogens (primary N) is 1. The molecule has 2 amide bonds. The molecule has 1 unspecified atom stereocenters. The summed E-state index contributed by atoms with van der Waals surface area (Å²) >= 11 is 2.33. The second-order valence-electron chi connectivity index (χ2n) is 5.25. The molecule has 0 radical (unpaired) electrons. The van der Waals surface area contributed by atoms with Crippen LogP contribution in [0, 0.1) is 0 Å². The molecule has 1 saturated heterocycles. The number of thioether (sulfide) groups is 1. The number of hydrogen-bond acceptors (Lipinski definition) is 10. The number of hydrogen-bond donors (Lipinski definition) is 3. The first-order valence-corrected chi connectivity index (χ1v) is 9.07. The first kappa shape index (κ1) is 21.4. The third-order valence-corrected chi connectivity index (χ3v) is 5.78. The fraction of sp³-hybridized carbons (Fsp3) is 0.214. The molecule has 3 heterocycles. The SMILES string of the molecule is C=CC1=C(C(=O)[O-])N2C(=O)C(NC(=O)/C(=N\O)c3csc(N)n3)[C@H]2SC1.[Na+]. The Morgan fingerprint density at radius 2 is 2.26 bits per heavy atom. The molecule has 0 saturated carbocycles. The Balaban J connectivity index is 0.00000261. The fourth-order valence-corrected chi connectivity index (χ4v) is 4.50. The molecule has 1 aromatic heterocycles. The molecule has 1 fully saturated rings. The van der Waals surface area contributed by atoms with E-state index in [1.165, 1.54) is 23.2 Å². The summed E-state index contributed by atoms with van der Waals surface area (Å²) in [7, 11) is 0. The zero-order chi connectivity index (χ0) is 19.0. The molecule has 0 aliphatic carbocycles. The number of thiazole rings is 1. The van der Waals surface area contributed by atoms with Crippen molar-refractivity contribution in [2.24, 2.45) is 5.16 Å². The number of carboxylic acid groups (broad SMARTS) is 1. The van der Waals surface area contributed by atoms with Gasteiger partial charge in [-0.15, -0.1) is 23.1 Å². The number of carbonyl (C=O) groups is 3. The number of amides is 2. The average molecular weight is 417 g/mol. The number of carbonyl (C=O) groups excluding carboxylic acids is 3. The minimum atomic E-state index is -1.49. The van der Waals surface area contributed by atoms with Crippen LogP contribution in [0.1, 0.15) is 5.69 Å². The third kappa shape index (κ3) is 3.75. The number of β-lactam (4-membered cyclic amide) rings is 1. The van der Waals surface area contributed by atoms with E-state index >= 15 is 0 Å². The average Bonchev–Trinajstić information content (AvgIpc) is 3.04. The van der Waals surface area contributed by atoms with Crippen LogP contribution in [-0.4, -0.2) is 55.8 Å². The first-order chi connectivity index (χ1) is 12.4. The summed E-state index contributed by atoms with van der Waals surface area (Å²) in [5.74, 6) is -2.62. The molecule has 0 spiro atoms.